The quantitative estimate of drug-likeness (QED) is 0.111. The first kappa shape index (κ1) is 29.3. The fraction of sp³-hybridized carbons (Fsp3) is 0.516. The Hall–Kier alpha value is -2.95. The van der Waals surface area contributed by atoms with E-state index in [1.165, 1.54) is 0 Å². The molecule has 0 saturated heterocycles. The maximum atomic E-state index is 13.0. The molecule has 198 valence electrons. The van der Waals surface area contributed by atoms with Crippen LogP contribution in [-0.4, -0.2) is 32.7 Å². The third kappa shape index (κ3) is 10.3. The Morgan fingerprint density at radius 3 is 1.97 bits per heavy atom. The number of ketones is 1. The molecule has 0 aliphatic carbocycles. The van der Waals surface area contributed by atoms with Crippen LogP contribution in [0.15, 0.2) is 42.5 Å². The van der Waals surface area contributed by atoms with Crippen LogP contribution in [0.25, 0.3) is 6.08 Å². The molecular weight excluding hydrogens is 452 g/mol. The van der Waals surface area contributed by atoms with Gasteiger partial charge in [-0.1, -0.05) is 71.4 Å². The first-order chi connectivity index (χ1) is 17.6. The van der Waals surface area contributed by atoms with Gasteiger partial charge in [-0.05, 0) is 49.6 Å². The van der Waals surface area contributed by atoms with Crippen LogP contribution < -0.4 is 18.9 Å². The van der Waals surface area contributed by atoms with Gasteiger partial charge in [-0.15, -0.1) is 0 Å². The second-order valence-corrected chi connectivity index (χ2v) is 8.94. The topological polar surface area (TPSA) is 54.0 Å². The molecule has 0 unspecified atom stereocenters. The van der Waals surface area contributed by atoms with Crippen LogP contribution >= 0.6 is 0 Å². The van der Waals surface area contributed by atoms with Crippen molar-refractivity contribution in [2.75, 3.05) is 26.9 Å². The molecule has 5 nitrogen and oxygen atoms in total. The van der Waals surface area contributed by atoms with Gasteiger partial charge in [0.15, 0.2) is 17.3 Å². The molecule has 0 spiro atoms. The summed E-state index contributed by atoms with van der Waals surface area (Å²) in [5.41, 5.74) is 1.35. The second kappa shape index (κ2) is 17.5. The van der Waals surface area contributed by atoms with Crippen molar-refractivity contribution in [3.8, 4) is 23.0 Å². The summed E-state index contributed by atoms with van der Waals surface area (Å²) in [6, 6.07) is 11.1. The average molecular weight is 497 g/mol. The van der Waals surface area contributed by atoms with Gasteiger partial charge in [-0.3, -0.25) is 4.79 Å². The number of hydrogen-bond acceptors (Lipinski definition) is 5. The van der Waals surface area contributed by atoms with E-state index < -0.39 is 0 Å². The van der Waals surface area contributed by atoms with E-state index in [0.717, 1.165) is 69.1 Å². The normalized spacial score (nSPS) is 11.0. The number of carbonyl (C=O) groups excluding carboxylic acids is 1. The molecule has 0 N–H and O–H groups in total. The highest BCUT2D eigenvalue weighted by atomic mass is 16.5. The minimum Gasteiger partial charge on any atom is -0.494 e. The molecule has 5 heteroatoms. The molecule has 0 fully saturated rings. The summed E-state index contributed by atoms with van der Waals surface area (Å²) in [4.78, 5) is 13.0. The van der Waals surface area contributed by atoms with Crippen LogP contribution in [0.1, 0.15) is 94.5 Å². The predicted octanol–water partition coefficient (Wildman–Crippen LogP) is 8.30. The molecule has 0 aliphatic rings. The molecule has 0 saturated carbocycles. The summed E-state index contributed by atoms with van der Waals surface area (Å²) >= 11 is 0. The zero-order valence-corrected chi connectivity index (χ0v) is 22.6. The Morgan fingerprint density at radius 2 is 1.36 bits per heavy atom. The van der Waals surface area contributed by atoms with Crippen molar-refractivity contribution in [1.82, 2.24) is 0 Å². The highest BCUT2D eigenvalue weighted by molar-refractivity contribution is 6.07. The van der Waals surface area contributed by atoms with Crippen LogP contribution in [0.5, 0.6) is 23.0 Å². The summed E-state index contributed by atoms with van der Waals surface area (Å²) in [6.07, 6.45) is 13.1. The Morgan fingerprint density at radius 1 is 0.750 bits per heavy atom. The smallest absolute Gasteiger partial charge is 0.185 e. The van der Waals surface area contributed by atoms with Crippen molar-refractivity contribution in [2.24, 2.45) is 0 Å². The minimum absolute atomic E-state index is 0.0980. The Bertz CT molecular complexity index is 935. The number of ether oxygens (including phenoxy) is 4. The van der Waals surface area contributed by atoms with Crippen molar-refractivity contribution >= 4 is 11.9 Å². The molecule has 2 aromatic carbocycles. The number of methoxy groups -OCH3 is 1. The van der Waals surface area contributed by atoms with E-state index in [-0.39, 0.29) is 5.78 Å². The summed E-state index contributed by atoms with van der Waals surface area (Å²) in [5, 5.41) is 0. The van der Waals surface area contributed by atoms with E-state index in [4.69, 9.17) is 18.9 Å². The number of benzene rings is 2. The summed E-state index contributed by atoms with van der Waals surface area (Å²) in [5.74, 6) is 2.56. The van der Waals surface area contributed by atoms with Gasteiger partial charge in [0, 0.05) is 17.2 Å². The van der Waals surface area contributed by atoms with E-state index in [1.807, 2.05) is 30.3 Å². The predicted molar refractivity (Wildman–Crippen MR) is 148 cm³/mol. The van der Waals surface area contributed by atoms with Gasteiger partial charge in [0.05, 0.1) is 26.9 Å². The van der Waals surface area contributed by atoms with Crippen molar-refractivity contribution in [2.45, 2.75) is 78.6 Å². The van der Waals surface area contributed by atoms with Crippen molar-refractivity contribution in [1.29, 1.82) is 0 Å². The number of allylic oxidation sites excluding steroid dienone is 1. The van der Waals surface area contributed by atoms with E-state index in [0.29, 0.717) is 42.6 Å². The summed E-state index contributed by atoms with van der Waals surface area (Å²) < 4.78 is 23.5. The first-order valence-corrected chi connectivity index (χ1v) is 13.6. The summed E-state index contributed by atoms with van der Waals surface area (Å²) in [6.45, 7) is 8.38. The summed E-state index contributed by atoms with van der Waals surface area (Å²) in [7, 11) is 1.62. The molecule has 0 amide bonds. The van der Waals surface area contributed by atoms with Crippen LogP contribution in [0, 0.1) is 0 Å². The molecule has 0 radical (unpaired) electrons. The maximum Gasteiger partial charge on any atom is 0.185 e. The molecule has 0 aromatic heterocycles. The molecule has 0 heterocycles. The maximum absolute atomic E-state index is 13.0. The van der Waals surface area contributed by atoms with Gasteiger partial charge >= 0.3 is 0 Å². The van der Waals surface area contributed by atoms with Crippen molar-refractivity contribution in [3.05, 3.63) is 53.6 Å². The molecule has 0 aliphatic heterocycles. The lowest BCUT2D eigenvalue weighted by Crippen LogP contribution is -2.03. The first-order valence-electron chi connectivity index (χ1n) is 13.6. The van der Waals surface area contributed by atoms with Crippen LogP contribution in [0.3, 0.4) is 0 Å². The fourth-order valence-electron chi connectivity index (χ4n) is 3.72. The SMILES string of the molecule is CCCCCOc1cccc(C(=O)/C=C/c2cc(OCCCCC)cc(OC)c2OCCCCC)c1. The molecule has 2 rings (SSSR count). The zero-order chi connectivity index (χ0) is 26.0. The second-order valence-electron chi connectivity index (χ2n) is 8.94. The van der Waals surface area contributed by atoms with Crippen molar-refractivity contribution < 1.29 is 23.7 Å². The lowest BCUT2D eigenvalue weighted by molar-refractivity contribution is 0.104. The third-order valence-electron chi connectivity index (χ3n) is 5.84. The lowest BCUT2D eigenvalue weighted by Gasteiger charge is -2.16. The Balaban J connectivity index is 2.22. The number of rotatable bonds is 19. The largest absolute Gasteiger partial charge is 0.494 e. The standard InChI is InChI=1S/C31H44O5/c1-5-8-11-19-34-27-16-14-15-25(22-27)29(32)18-17-26-23-28(35-20-12-9-6-2)24-30(33-4)31(26)36-21-13-10-7-3/h14-18,22-24H,5-13,19-21H2,1-4H3/b18-17+. The van der Waals surface area contributed by atoms with Gasteiger partial charge in [-0.25, -0.2) is 0 Å². The van der Waals surface area contributed by atoms with E-state index in [1.54, 1.807) is 25.3 Å². The highest BCUT2D eigenvalue weighted by Gasteiger charge is 2.14. The van der Waals surface area contributed by atoms with Crippen LogP contribution in [0.4, 0.5) is 0 Å². The van der Waals surface area contributed by atoms with E-state index in [9.17, 15) is 4.79 Å². The third-order valence-corrected chi connectivity index (χ3v) is 5.84. The van der Waals surface area contributed by atoms with Gasteiger partial charge in [0.1, 0.15) is 11.5 Å². The highest BCUT2D eigenvalue weighted by Crippen LogP contribution is 2.37. The van der Waals surface area contributed by atoms with Gasteiger partial charge < -0.3 is 18.9 Å². The van der Waals surface area contributed by atoms with E-state index >= 15 is 0 Å². The number of hydrogen-bond donors (Lipinski definition) is 0. The van der Waals surface area contributed by atoms with Crippen LogP contribution in [-0.2, 0) is 0 Å². The van der Waals surface area contributed by atoms with E-state index in [2.05, 4.69) is 20.8 Å². The minimum atomic E-state index is -0.0980. The van der Waals surface area contributed by atoms with Gasteiger partial charge in [0.2, 0.25) is 0 Å². The molecule has 2 aromatic rings. The Labute approximate surface area is 217 Å². The monoisotopic (exact) mass is 496 g/mol. The zero-order valence-electron chi connectivity index (χ0n) is 22.6. The average Bonchev–Trinajstić information content (AvgIpc) is 2.90. The molecule has 0 bridgehead atoms. The number of unbranched alkanes of at least 4 members (excludes halogenated alkanes) is 6. The fourth-order valence-corrected chi connectivity index (χ4v) is 3.72. The van der Waals surface area contributed by atoms with Crippen LogP contribution in [0.2, 0.25) is 0 Å². The van der Waals surface area contributed by atoms with Gasteiger partial charge in [-0.2, -0.15) is 0 Å². The lowest BCUT2D eigenvalue weighted by atomic mass is 10.1. The molecular formula is C31H44O5. The molecule has 0 atom stereocenters. The van der Waals surface area contributed by atoms with Gasteiger partial charge in [0.25, 0.3) is 0 Å². The molecule has 36 heavy (non-hydrogen) atoms. The van der Waals surface area contributed by atoms with Crippen molar-refractivity contribution in [3.63, 3.8) is 0 Å². The Kier molecular flexibility index (Phi) is 14.2. The number of carbonyl (C=O) groups is 1.